The predicted octanol–water partition coefficient (Wildman–Crippen LogP) is 3.58. The number of amides is 1. The minimum absolute atomic E-state index is 0.00796. The van der Waals surface area contributed by atoms with E-state index in [2.05, 4.69) is 32.3 Å². The maximum Gasteiger partial charge on any atom is 0.434 e. The number of nitrogens with one attached hydrogen (secondary N) is 1. The number of ether oxygens (including phenoxy) is 1. The molecule has 34 heavy (non-hydrogen) atoms. The van der Waals surface area contributed by atoms with Gasteiger partial charge in [-0.05, 0) is 31.2 Å². The Morgan fingerprint density at radius 3 is 2.41 bits per heavy atom. The molecule has 1 aromatic heterocycles. The van der Waals surface area contributed by atoms with Crippen molar-refractivity contribution in [2.45, 2.75) is 56.5 Å². The van der Waals surface area contributed by atoms with E-state index in [-0.39, 0.29) is 25.1 Å². The minimum atomic E-state index is -4.76. The molecule has 1 unspecified atom stereocenters. The van der Waals surface area contributed by atoms with Crippen LogP contribution in [0.4, 0.5) is 19.1 Å². The Balaban J connectivity index is 1.29. The molecule has 5 rings (SSSR count). The smallest absolute Gasteiger partial charge is 0.378 e. The Kier molecular flexibility index (Phi) is 6.44. The van der Waals surface area contributed by atoms with Crippen LogP contribution in [0.5, 0.6) is 0 Å². The third kappa shape index (κ3) is 4.88. The molecule has 3 aliphatic rings. The fourth-order valence-corrected chi connectivity index (χ4v) is 5.39. The monoisotopic (exact) mass is 475 g/mol. The first kappa shape index (κ1) is 23.0. The van der Waals surface area contributed by atoms with Gasteiger partial charge in [0.15, 0.2) is 5.69 Å². The summed E-state index contributed by atoms with van der Waals surface area (Å²) in [5, 5.41) is 3.13. The van der Waals surface area contributed by atoms with Crippen molar-refractivity contribution in [1.29, 1.82) is 0 Å². The molecule has 3 fully saturated rings. The highest BCUT2D eigenvalue weighted by Gasteiger charge is 2.42. The number of carbonyl (C=O) groups is 1. The van der Waals surface area contributed by atoms with Crippen LogP contribution in [0.15, 0.2) is 36.5 Å². The Morgan fingerprint density at radius 1 is 1.09 bits per heavy atom. The number of rotatable bonds is 5. The molecule has 3 saturated heterocycles. The largest absolute Gasteiger partial charge is 0.434 e. The summed E-state index contributed by atoms with van der Waals surface area (Å²) in [6, 6.07) is 11.1. The quantitative estimate of drug-likeness (QED) is 0.713. The van der Waals surface area contributed by atoms with Crippen molar-refractivity contribution in [3.05, 3.63) is 53.3 Å². The van der Waals surface area contributed by atoms with Crippen LogP contribution in [-0.4, -0.2) is 70.1 Å². The molecule has 2 bridgehead atoms. The molecule has 1 aromatic carbocycles. The number of carbonyl (C=O) groups excluding carboxylic acids is 1. The fourth-order valence-electron chi connectivity index (χ4n) is 5.39. The number of benzene rings is 1. The van der Waals surface area contributed by atoms with E-state index in [1.807, 2.05) is 18.2 Å². The number of fused-ring (bicyclic) bond motifs is 2. The molecule has 1 N–H and O–H groups in total. The zero-order valence-corrected chi connectivity index (χ0v) is 18.8. The standard InChI is InChI=1S/C24H28F3N5O2/c25-24(26,27)21-20(22(33)31-8-10-34-11-9-31)14-28-23(30-21)29-17-12-18-6-7-19(13-17)32(18)15-16-4-2-1-3-5-16/h1-5,14,17-19H,6-13,15H2,(H,28,29,30)/t17?,18-,19+. The number of nitrogens with zero attached hydrogens (tertiary/aromatic N) is 4. The summed E-state index contributed by atoms with van der Waals surface area (Å²) >= 11 is 0. The molecular weight excluding hydrogens is 447 g/mol. The molecule has 0 saturated carbocycles. The second-order valence-electron chi connectivity index (χ2n) is 9.21. The predicted molar refractivity (Wildman–Crippen MR) is 119 cm³/mol. The lowest BCUT2D eigenvalue weighted by atomic mass is 9.96. The first-order valence-electron chi connectivity index (χ1n) is 11.8. The number of aromatic nitrogens is 2. The fraction of sp³-hybridized carbons (Fsp3) is 0.542. The molecule has 3 aliphatic heterocycles. The van der Waals surface area contributed by atoms with Crippen LogP contribution in [0, 0.1) is 0 Å². The van der Waals surface area contributed by atoms with Crippen LogP contribution in [-0.2, 0) is 17.5 Å². The van der Waals surface area contributed by atoms with Gasteiger partial charge in [0.25, 0.3) is 5.91 Å². The maximum atomic E-state index is 13.8. The van der Waals surface area contributed by atoms with Crippen molar-refractivity contribution in [2.75, 3.05) is 31.6 Å². The van der Waals surface area contributed by atoms with Gasteiger partial charge in [-0.25, -0.2) is 9.97 Å². The first-order valence-corrected chi connectivity index (χ1v) is 11.8. The third-order valence-corrected chi connectivity index (χ3v) is 7.01. The van der Waals surface area contributed by atoms with Gasteiger partial charge >= 0.3 is 6.18 Å². The lowest BCUT2D eigenvalue weighted by molar-refractivity contribution is -0.141. The Bertz CT molecular complexity index is 999. The molecule has 2 aromatic rings. The van der Waals surface area contributed by atoms with Gasteiger partial charge in [-0.2, -0.15) is 13.2 Å². The number of alkyl halides is 3. The number of morpholine rings is 1. The second-order valence-corrected chi connectivity index (χ2v) is 9.21. The molecule has 3 atom stereocenters. The molecule has 10 heteroatoms. The Hall–Kier alpha value is -2.72. The van der Waals surface area contributed by atoms with Crippen LogP contribution in [0.2, 0.25) is 0 Å². The van der Waals surface area contributed by atoms with Crippen molar-refractivity contribution in [2.24, 2.45) is 0 Å². The van der Waals surface area contributed by atoms with E-state index in [1.54, 1.807) is 0 Å². The number of hydrogen-bond donors (Lipinski definition) is 1. The lowest BCUT2D eigenvalue weighted by Gasteiger charge is -2.39. The van der Waals surface area contributed by atoms with Crippen molar-refractivity contribution in [1.82, 2.24) is 19.8 Å². The highest BCUT2D eigenvalue weighted by molar-refractivity contribution is 5.95. The minimum Gasteiger partial charge on any atom is -0.378 e. The summed E-state index contributed by atoms with van der Waals surface area (Å²) in [4.78, 5) is 24.5. The molecule has 182 valence electrons. The van der Waals surface area contributed by atoms with Crippen LogP contribution in [0.25, 0.3) is 0 Å². The normalized spacial score (nSPS) is 25.4. The van der Waals surface area contributed by atoms with Gasteiger partial charge in [-0.3, -0.25) is 9.69 Å². The van der Waals surface area contributed by atoms with E-state index < -0.39 is 23.3 Å². The number of anilines is 1. The van der Waals surface area contributed by atoms with Gasteiger partial charge in [0.2, 0.25) is 5.95 Å². The molecule has 0 aliphatic carbocycles. The average Bonchev–Trinajstić information content (AvgIpc) is 3.06. The number of halogens is 3. The Labute approximate surface area is 196 Å². The summed E-state index contributed by atoms with van der Waals surface area (Å²) in [5.41, 5.74) is -0.437. The summed E-state index contributed by atoms with van der Waals surface area (Å²) in [6.45, 7) is 1.99. The molecule has 4 heterocycles. The molecule has 7 nitrogen and oxygen atoms in total. The van der Waals surface area contributed by atoms with E-state index in [0.717, 1.165) is 38.4 Å². The highest BCUT2D eigenvalue weighted by Crippen LogP contribution is 2.38. The second kappa shape index (κ2) is 9.50. The molecule has 1 amide bonds. The van der Waals surface area contributed by atoms with Crippen molar-refractivity contribution >= 4 is 11.9 Å². The van der Waals surface area contributed by atoms with Crippen LogP contribution in [0.1, 0.15) is 47.3 Å². The Morgan fingerprint density at radius 2 is 1.76 bits per heavy atom. The van der Waals surface area contributed by atoms with Crippen LogP contribution < -0.4 is 5.32 Å². The van der Waals surface area contributed by atoms with Gasteiger partial charge in [0.05, 0.1) is 18.8 Å². The van der Waals surface area contributed by atoms with Gasteiger partial charge in [-0.15, -0.1) is 0 Å². The number of hydrogen-bond acceptors (Lipinski definition) is 6. The van der Waals surface area contributed by atoms with E-state index in [0.29, 0.717) is 25.3 Å². The van der Waals surface area contributed by atoms with Crippen LogP contribution in [0.3, 0.4) is 0 Å². The van der Waals surface area contributed by atoms with E-state index >= 15 is 0 Å². The van der Waals surface area contributed by atoms with Crippen LogP contribution >= 0.6 is 0 Å². The van der Waals surface area contributed by atoms with E-state index in [4.69, 9.17) is 4.74 Å². The summed E-state index contributed by atoms with van der Waals surface area (Å²) in [5.74, 6) is -0.791. The third-order valence-electron chi connectivity index (χ3n) is 7.01. The maximum absolute atomic E-state index is 13.8. The van der Waals surface area contributed by atoms with Crippen molar-refractivity contribution in [3.8, 4) is 0 Å². The van der Waals surface area contributed by atoms with Gasteiger partial charge in [0.1, 0.15) is 0 Å². The van der Waals surface area contributed by atoms with Gasteiger partial charge < -0.3 is 15.0 Å². The zero-order valence-electron chi connectivity index (χ0n) is 18.8. The zero-order chi connectivity index (χ0) is 23.7. The van der Waals surface area contributed by atoms with Gasteiger partial charge in [-0.1, -0.05) is 30.3 Å². The molecule has 0 radical (unpaired) electrons. The van der Waals surface area contributed by atoms with E-state index in [9.17, 15) is 18.0 Å². The van der Waals surface area contributed by atoms with E-state index in [1.165, 1.54) is 10.5 Å². The first-order chi connectivity index (χ1) is 16.4. The molecular formula is C24H28F3N5O2. The highest BCUT2D eigenvalue weighted by atomic mass is 19.4. The summed E-state index contributed by atoms with van der Waals surface area (Å²) in [6.07, 6.45) is 0.0590. The van der Waals surface area contributed by atoms with Crippen molar-refractivity contribution in [3.63, 3.8) is 0 Å². The lowest BCUT2D eigenvalue weighted by Crippen LogP contribution is -2.46. The van der Waals surface area contributed by atoms with Gasteiger partial charge in [0, 0.05) is 44.0 Å². The average molecular weight is 476 g/mol. The summed E-state index contributed by atoms with van der Waals surface area (Å²) < 4.78 is 46.6. The topological polar surface area (TPSA) is 70.6 Å². The summed E-state index contributed by atoms with van der Waals surface area (Å²) in [7, 11) is 0. The van der Waals surface area contributed by atoms with Crippen molar-refractivity contribution < 1.29 is 22.7 Å². The SMILES string of the molecule is O=C(c1cnc(NC2C[C@H]3CC[C@@H](C2)N3Cc2ccccc2)nc1C(F)(F)F)N1CCOCC1. The molecule has 0 spiro atoms. The number of piperidine rings is 1.